The summed E-state index contributed by atoms with van der Waals surface area (Å²) in [6, 6.07) is 7.24. The molecular formula is C16H17ClFNO3S2. The largest absolute Gasteiger partial charge is 0.377 e. The van der Waals surface area contributed by atoms with Crippen LogP contribution in [-0.2, 0) is 21.3 Å². The lowest BCUT2D eigenvalue weighted by molar-refractivity contribution is 0.0927. The third-order valence-electron chi connectivity index (χ3n) is 3.87. The van der Waals surface area contributed by atoms with Crippen molar-refractivity contribution in [1.82, 2.24) is 4.31 Å². The van der Waals surface area contributed by atoms with Gasteiger partial charge in [0.15, 0.2) is 0 Å². The lowest BCUT2D eigenvalue weighted by Gasteiger charge is -2.24. The molecule has 8 heteroatoms. The Morgan fingerprint density at radius 1 is 1.38 bits per heavy atom. The van der Waals surface area contributed by atoms with E-state index >= 15 is 0 Å². The van der Waals surface area contributed by atoms with E-state index in [0.717, 1.165) is 29.9 Å². The number of halogens is 2. The molecule has 0 bridgehead atoms. The third kappa shape index (κ3) is 3.97. The van der Waals surface area contributed by atoms with Gasteiger partial charge in [-0.05, 0) is 42.5 Å². The first-order valence-corrected chi connectivity index (χ1v) is 10.3. The van der Waals surface area contributed by atoms with Crippen molar-refractivity contribution in [2.24, 2.45) is 0 Å². The lowest BCUT2D eigenvalue weighted by atomic mass is 10.2. The van der Waals surface area contributed by atoms with Gasteiger partial charge in [0.1, 0.15) is 5.82 Å². The summed E-state index contributed by atoms with van der Waals surface area (Å²) in [5, 5.41) is 1.70. The molecule has 1 aromatic carbocycles. The number of benzene rings is 1. The average molecular weight is 390 g/mol. The van der Waals surface area contributed by atoms with Gasteiger partial charge in [0, 0.05) is 24.6 Å². The molecule has 1 aromatic heterocycles. The van der Waals surface area contributed by atoms with Crippen molar-refractivity contribution < 1.29 is 17.5 Å². The van der Waals surface area contributed by atoms with Crippen molar-refractivity contribution in [3.63, 3.8) is 0 Å². The molecule has 0 saturated carbocycles. The van der Waals surface area contributed by atoms with Crippen molar-refractivity contribution in [2.75, 3.05) is 13.2 Å². The Balaban J connectivity index is 1.90. The SMILES string of the molecule is O=S(=O)(c1ccc(F)c(Cl)c1)N(Cc1cccs1)C[C@@H]1CCCO1. The molecule has 130 valence electrons. The van der Waals surface area contributed by atoms with E-state index in [1.54, 1.807) is 0 Å². The highest BCUT2D eigenvalue weighted by atomic mass is 35.5. The van der Waals surface area contributed by atoms with Crippen LogP contribution in [0.1, 0.15) is 17.7 Å². The van der Waals surface area contributed by atoms with Crippen LogP contribution < -0.4 is 0 Å². The monoisotopic (exact) mass is 389 g/mol. The summed E-state index contributed by atoms with van der Waals surface area (Å²) in [5.41, 5.74) is 0. The number of nitrogens with zero attached hydrogens (tertiary/aromatic N) is 1. The van der Waals surface area contributed by atoms with E-state index in [4.69, 9.17) is 16.3 Å². The summed E-state index contributed by atoms with van der Waals surface area (Å²) in [6.07, 6.45) is 1.65. The second-order valence-electron chi connectivity index (χ2n) is 5.59. The van der Waals surface area contributed by atoms with E-state index < -0.39 is 15.8 Å². The summed E-state index contributed by atoms with van der Waals surface area (Å²) in [6.45, 7) is 1.18. The fourth-order valence-corrected chi connectivity index (χ4v) is 5.15. The minimum Gasteiger partial charge on any atom is -0.377 e. The van der Waals surface area contributed by atoms with Crippen LogP contribution in [0.5, 0.6) is 0 Å². The summed E-state index contributed by atoms with van der Waals surface area (Å²) < 4.78 is 46.3. The van der Waals surface area contributed by atoms with E-state index in [-0.39, 0.29) is 29.1 Å². The highest BCUT2D eigenvalue weighted by Gasteiger charge is 2.30. The van der Waals surface area contributed by atoms with E-state index in [9.17, 15) is 12.8 Å². The molecule has 1 aliphatic rings. The van der Waals surface area contributed by atoms with E-state index in [2.05, 4.69) is 0 Å². The van der Waals surface area contributed by atoms with Crippen LogP contribution in [0.4, 0.5) is 4.39 Å². The molecule has 2 heterocycles. The van der Waals surface area contributed by atoms with Crippen LogP contribution in [0.25, 0.3) is 0 Å². The summed E-state index contributed by atoms with van der Waals surface area (Å²) in [4.78, 5) is 0.924. The molecule has 1 atom stereocenters. The first-order chi connectivity index (χ1) is 11.5. The first kappa shape index (κ1) is 17.8. The summed E-state index contributed by atoms with van der Waals surface area (Å²) in [7, 11) is -3.79. The zero-order valence-corrected chi connectivity index (χ0v) is 15.2. The zero-order valence-electron chi connectivity index (χ0n) is 12.8. The second-order valence-corrected chi connectivity index (χ2v) is 8.97. The van der Waals surface area contributed by atoms with E-state index in [1.165, 1.54) is 21.7 Å². The molecule has 0 N–H and O–H groups in total. The molecule has 0 spiro atoms. The number of thiophene rings is 1. The third-order valence-corrected chi connectivity index (χ3v) is 6.83. The Hall–Kier alpha value is -0.990. The van der Waals surface area contributed by atoms with Crippen LogP contribution in [0, 0.1) is 5.82 Å². The van der Waals surface area contributed by atoms with Crippen molar-refractivity contribution >= 4 is 33.0 Å². The van der Waals surface area contributed by atoms with Crippen molar-refractivity contribution in [3.8, 4) is 0 Å². The lowest BCUT2D eigenvalue weighted by Crippen LogP contribution is -2.36. The molecule has 24 heavy (non-hydrogen) atoms. The van der Waals surface area contributed by atoms with E-state index in [1.807, 2.05) is 17.5 Å². The Labute approximate surface area is 149 Å². The smallest absolute Gasteiger partial charge is 0.243 e. The summed E-state index contributed by atoms with van der Waals surface area (Å²) >= 11 is 7.25. The van der Waals surface area contributed by atoms with Crippen LogP contribution in [0.2, 0.25) is 5.02 Å². The molecule has 1 aliphatic heterocycles. The van der Waals surface area contributed by atoms with Gasteiger partial charge in [0.05, 0.1) is 16.0 Å². The standard InChI is InChI=1S/C16H17ClFNO3S2/c17-15-9-14(5-6-16(15)18)24(20,21)19(10-12-3-1-7-22-12)11-13-4-2-8-23-13/h2,4-6,8-9,12H,1,3,7,10-11H2/t12-/m0/s1. The Bertz CT molecular complexity index is 790. The van der Waals surface area contributed by atoms with Gasteiger partial charge in [-0.25, -0.2) is 12.8 Å². The van der Waals surface area contributed by atoms with Gasteiger partial charge in [-0.1, -0.05) is 17.7 Å². The van der Waals surface area contributed by atoms with Gasteiger partial charge < -0.3 is 4.74 Å². The molecule has 0 radical (unpaired) electrons. The highest BCUT2D eigenvalue weighted by molar-refractivity contribution is 7.89. The first-order valence-electron chi connectivity index (χ1n) is 7.56. The van der Waals surface area contributed by atoms with Gasteiger partial charge in [-0.3, -0.25) is 0 Å². The number of ether oxygens (including phenoxy) is 1. The maximum absolute atomic E-state index is 13.4. The minimum absolute atomic E-state index is 0.0107. The quantitative estimate of drug-likeness (QED) is 0.752. The molecule has 0 amide bonds. The van der Waals surface area contributed by atoms with Crippen LogP contribution in [-0.4, -0.2) is 32.0 Å². The van der Waals surface area contributed by atoms with Crippen LogP contribution in [0.3, 0.4) is 0 Å². The molecule has 0 unspecified atom stereocenters. The molecule has 2 aromatic rings. The molecule has 1 fully saturated rings. The Kier molecular flexibility index (Phi) is 5.56. The fourth-order valence-electron chi connectivity index (χ4n) is 2.63. The topological polar surface area (TPSA) is 46.6 Å². The number of hydrogen-bond acceptors (Lipinski definition) is 4. The zero-order chi connectivity index (χ0) is 17.2. The minimum atomic E-state index is -3.79. The number of sulfonamides is 1. The molecule has 3 rings (SSSR count). The van der Waals surface area contributed by atoms with E-state index in [0.29, 0.717) is 6.61 Å². The van der Waals surface area contributed by atoms with Gasteiger partial charge in [0.25, 0.3) is 0 Å². The molecular weight excluding hydrogens is 373 g/mol. The van der Waals surface area contributed by atoms with Crippen molar-refractivity contribution in [1.29, 1.82) is 0 Å². The molecule has 1 saturated heterocycles. The number of rotatable bonds is 6. The van der Waals surface area contributed by atoms with Crippen molar-refractivity contribution in [2.45, 2.75) is 30.4 Å². The van der Waals surface area contributed by atoms with Gasteiger partial charge >= 0.3 is 0 Å². The van der Waals surface area contributed by atoms with Gasteiger partial charge in [-0.15, -0.1) is 11.3 Å². The Morgan fingerprint density at radius 2 is 2.21 bits per heavy atom. The Morgan fingerprint density at radius 3 is 2.83 bits per heavy atom. The maximum atomic E-state index is 13.4. The van der Waals surface area contributed by atoms with Gasteiger partial charge in [0.2, 0.25) is 10.0 Å². The van der Waals surface area contributed by atoms with Crippen molar-refractivity contribution in [3.05, 3.63) is 51.4 Å². The van der Waals surface area contributed by atoms with Crippen LogP contribution in [0.15, 0.2) is 40.6 Å². The predicted octanol–water partition coefficient (Wildman–Crippen LogP) is 3.91. The highest BCUT2D eigenvalue weighted by Crippen LogP contribution is 2.26. The number of hydrogen-bond donors (Lipinski definition) is 0. The molecule has 0 aliphatic carbocycles. The normalized spacial score (nSPS) is 18.4. The van der Waals surface area contributed by atoms with Crippen LogP contribution >= 0.6 is 22.9 Å². The summed E-state index contributed by atoms with van der Waals surface area (Å²) in [5.74, 6) is -0.639. The average Bonchev–Trinajstić information content (AvgIpc) is 3.23. The predicted molar refractivity (Wildman–Crippen MR) is 92.3 cm³/mol. The molecule has 4 nitrogen and oxygen atoms in total. The second kappa shape index (κ2) is 7.49. The fraction of sp³-hybridized carbons (Fsp3) is 0.375. The maximum Gasteiger partial charge on any atom is 0.243 e. The van der Waals surface area contributed by atoms with Gasteiger partial charge in [-0.2, -0.15) is 4.31 Å².